The molecule has 3 rings (SSSR count). The SMILES string of the molecule is CCOC(=O)c1cc(NCc2cc(Cl)ccc2OC)cc2nccn12. The van der Waals surface area contributed by atoms with Crippen LogP contribution in [0.5, 0.6) is 5.75 Å². The maximum Gasteiger partial charge on any atom is 0.355 e. The molecule has 1 aromatic carbocycles. The summed E-state index contributed by atoms with van der Waals surface area (Å²) in [6.07, 6.45) is 3.37. The van der Waals surface area contributed by atoms with Crippen molar-refractivity contribution in [3.8, 4) is 5.75 Å². The van der Waals surface area contributed by atoms with Crippen LogP contribution in [0.3, 0.4) is 0 Å². The van der Waals surface area contributed by atoms with E-state index in [9.17, 15) is 4.79 Å². The van der Waals surface area contributed by atoms with Gasteiger partial charge in [0, 0.05) is 41.3 Å². The lowest BCUT2D eigenvalue weighted by atomic mass is 10.2. The number of pyridine rings is 1. The number of halogens is 1. The van der Waals surface area contributed by atoms with Gasteiger partial charge in [-0.2, -0.15) is 0 Å². The number of carbonyl (C=O) groups is 1. The number of hydrogen-bond acceptors (Lipinski definition) is 5. The Balaban J connectivity index is 1.89. The zero-order valence-corrected chi connectivity index (χ0v) is 14.7. The van der Waals surface area contributed by atoms with Crippen LogP contribution in [0.15, 0.2) is 42.7 Å². The van der Waals surface area contributed by atoms with Crippen molar-refractivity contribution in [3.05, 3.63) is 59.0 Å². The number of hydrogen-bond donors (Lipinski definition) is 1. The number of fused-ring (bicyclic) bond motifs is 1. The Morgan fingerprint density at radius 2 is 2.16 bits per heavy atom. The summed E-state index contributed by atoms with van der Waals surface area (Å²) in [5.41, 5.74) is 2.74. The summed E-state index contributed by atoms with van der Waals surface area (Å²) in [5, 5.41) is 3.92. The molecular formula is C18H18ClN3O3. The monoisotopic (exact) mass is 359 g/mol. The fourth-order valence-electron chi connectivity index (χ4n) is 2.57. The van der Waals surface area contributed by atoms with Crippen LogP contribution in [0.4, 0.5) is 5.69 Å². The molecule has 7 heteroatoms. The quantitative estimate of drug-likeness (QED) is 0.678. The van der Waals surface area contributed by atoms with Crippen LogP contribution >= 0.6 is 11.6 Å². The van der Waals surface area contributed by atoms with Crippen molar-refractivity contribution in [1.82, 2.24) is 9.38 Å². The number of methoxy groups -OCH3 is 1. The molecule has 0 fully saturated rings. The van der Waals surface area contributed by atoms with E-state index in [1.165, 1.54) is 0 Å². The Morgan fingerprint density at radius 3 is 2.92 bits per heavy atom. The van der Waals surface area contributed by atoms with Gasteiger partial charge >= 0.3 is 5.97 Å². The van der Waals surface area contributed by atoms with Crippen molar-refractivity contribution in [2.45, 2.75) is 13.5 Å². The first kappa shape index (κ1) is 17.1. The van der Waals surface area contributed by atoms with E-state index in [1.54, 1.807) is 43.0 Å². The minimum atomic E-state index is -0.394. The van der Waals surface area contributed by atoms with Gasteiger partial charge in [-0.15, -0.1) is 0 Å². The number of rotatable bonds is 6. The van der Waals surface area contributed by atoms with E-state index in [4.69, 9.17) is 21.1 Å². The fraction of sp³-hybridized carbons (Fsp3) is 0.222. The minimum Gasteiger partial charge on any atom is -0.496 e. The Hall–Kier alpha value is -2.73. The maximum absolute atomic E-state index is 12.2. The third-order valence-corrected chi connectivity index (χ3v) is 3.95. The lowest BCUT2D eigenvalue weighted by Gasteiger charge is -2.13. The van der Waals surface area contributed by atoms with Crippen LogP contribution in [0, 0.1) is 0 Å². The summed E-state index contributed by atoms with van der Waals surface area (Å²) in [5.74, 6) is 0.346. The number of nitrogens with zero attached hydrogens (tertiary/aromatic N) is 2. The average Bonchev–Trinajstić information content (AvgIpc) is 3.08. The van der Waals surface area contributed by atoms with Gasteiger partial charge in [-0.05, 0) is 31.2 Å². The van der Waals surface area contributed by atoms with Gasteiger partial charge in [0.05, 0.1) is 13.7 Å². The van der Waals surface area contributed by atoms with E-state index in [0.29, 0.717) is 29.5 Å². The molecule has 0 saturated carbocycles. The fourth-order valence-corrected chi connectivity index (χ4v) is 2.76. The molecule has 0 spiro atoms. The van der Waals surface area contributed by atoms with Gasteiger partial charge in [-0.3, -0.25) is 4.40 Å². The minimum absolute atomic E-state index is 0.312. The molecule has 3 aromatic rings. The smallest absolute Gasteiger partial charge is 0.355 e. The highest BCUT2D eigenvalue weighted by molar-refractivity contribution is 6.30. The Bertz CT molecular complexity index is 908. The molecule has 0 unspecified atom stereocenters. The predicted octanol–water partition coefficient (Wildman–Crippen LogP) is 3.79. The van der Waals surface area contributed by atoms with Crippen LogP contribution < -0.4 is 10.1 Å². The van der Waals surface area contributed by atoms with Gasteiger partial charge in [-0.25, -0.2) is 9.78 Å². The first-order chi connectivity index (χ1) is 12.1. The zero-order chi connectivity index (χ0) is 17.8. The van der Waals surface area contributed by atoms with Gasteiger partial charge in [0.2, 0.25) is 0 Å². The van der Waals surface area contributed by atoms with Gasteiger partial charge in [-0.1, -0.05) is 11.6 Å². The molecule has 1 N–H and O–H groups in total. The second-order valence-electron chi connectivity index (χ2n) is 5.31. The maximum atomic E-state index is 12.2. The molecule has 0 aliphatic carbocycles. The Morgan fingerprint density at radius 1 is 1.32 bits per heavy atom. The molecule has 0 saturated heterocycles. The highest BCUT2D eigenvalue weighted by Crippen LogP contribution is 2.24. The number of benzene rings is 1. The lowest BCUT2D eigenvalue weighted by molar-refractivity contribution is 0.0518. The standard InChI is InChI=1S/C18H18ClN3O3/c1-3-25-18(23)15-9-14(10-17-20-6-7-22(15)17)21-11-12-8-13(19)4-5-16(12)24-2/h4-10,21H,3,11H2,1-2H3. The zero-order valence-electron chi connectivity index (χ0n) is 14.0. The highest BCUT2D eigenvalue weighted by Gasteiger charge is 2.14. The third kappa shape index (κ3) is 3.69. The molecule has 0 amide bonds. The first-order valence-electron chi connectivity index (χ1n) is 7.83. The highest BCUT2D eigenvalue weighted by atomic mass is 35.5. The van der Waals surface area contributed by atoms with Crippen LogP contribution in [0.1, 0.15) is 23.0 Å². The molecule has 0 atom stereocenters. The van der Waals surface area contributed by atoms with Crippen LogP contribution in [-0.2, 0) is 11.3 Å². The Labute approximate surface area is 150 Å². The van der Waals surface area contributed by atoms with Crippen molar-refractivity contribution < 1.29 is 14.3 Å². The third-order valence-electron chi connectivity index (χ3n) is 3.72. The number of anilines is 1. The van der Waals surface area contributed by atoms with Crippen LogP contribution in [0.25, 0.3) is 5.65 Å². The van der Waals surface area contributed by atoms with Crippen molar-refractivity contribution >= 4 is 28.9 Å². The molecule has 6 nitrogen and oxygen atoms in total. The van der Waals surface area contributed by atoms with Crippen molar-refractivity contribution in [2.24, 2.45) is 0 Å². The van der Waals surface area contributed by atoms with E-state index >= 15 is 0 Å². The summed E-state index contributed by atoms with van der Waals surface area (Å²) < 4.78 is 12.2. The van der Waals surface area contributed by atoms with E-state index in [0.717, 1.165) is 17.0 Å². The van der Waals surface area contributed by atoms with Crippen LogP contribution in [0.2, 0.25) is 5.02 Å². The molecule has 130 valence electrons. The van der Waals surface area contributed by atoms with E-state index in [-0.39, 0.29) is 0 Å². The molecule has 0 aliphatic rings. The first-order valence-corrected chi connectivity index (χ1v) is 8.20. The summed E-state index contributed by atoms with van der Waals surface area (Å²) in [6, 6.07) is 9.04. The van der Waals surface area contributed by atoms with Crippen molar-refractivity contribution in [2.75, 3.05) is 19.0 Å². The molecule has 2 aromatic heterocycles. The molecule has 2 heterocycles. The largest absolute Gasteiger partial charge is 0.496 e. The predicted molar refractivity (Wildman–Crippen MR) is 96.5 cm³/mol. The normalized spacial score (nSPS) is 10.7. The topological polar surface area (TPSA) is 64.9 Å². The molecule has 0 aliphatic heterocycles. The van der Waals surface area contributed by atoms with Gasteiger partial charge in [0.25, 0.3) is 0 Å². The number of ether oxygens (including phenoxy) is 2. The second-order valence-corrected chi connectivity index (χ2v) is 5.75. The second kappa shape index (κ2) is 7.44. The van der Waals surface area contributed by atoms with Gasteiger partial charge in [0.15, 0.2) is 0 Å². The van der Waals surface area contributed by atoms with Crippen molar-refractivity contribution in [3.63, 3.8) is 0 Å². The van der Waals surface area contributed by atoms with Gasteiger partial charge < -0.3 is 14.8 Å². The van der Waals surface area contributed by atoms with E-state index in [2.05, 4.69) is 10.3 Å². The molecule has 0 bridgehead atoms. The summed E-state index contributed by atoms with van der Waals surface area (Å²) >= 11 is 6.06. The number of imidazole rings is 1. The molecular weight excluding hydrogens is 342 g/mol. The Kier molecular flexibility index (Phi) is 5.09. The molecule has 0 radical (unpaired) electrons. The summed E-state index contributed by atoms with van der Waals surface area (Å²) in [6.45, 7) is 2.58. The van der Waals surface area contributed by atoms with Crippen molar-refractivity contribution in [1.29, 1.82) is 0 Å². The lowest BCUT2D eigenvalue weighted by Crippen LogP contribution is -2.11. The van der Waals surface area contributed by atoms with Gasteiger partial charge in [0.1, 0.15) is 17.1 Å². The number of carbonyl (C=O) groups excluding carboxylic acids is 1. The van der Waals surface area contributed by atoms with E-state index < -0.39 is 5.97 Å². The van der Waals surface area contributed by atoms with Crippen LogP contribution in [-0.4, -0.2) is 29.1 Å². The number of nitrogens with one attached hydrogen (secondary N) is 1. The number of esters is 1. The average molecular weight is 360 g/mol. The summed E-state index contributed by atoms with van der Waals surface area (Å²) in [7, 11) is 1.61. The summed E-state index contributed by atoms with van der Waals surface area (Å²) in [4.78, 5) is 16.4. The number of aromatic nitrogens is 2. The molecule has 25 heavy (non-hydrogen) atoms. The van der Waals surface area contributed by atoms with E-state index in [1.807, 2.05) is 18.2 Å².